The van der Waals surface area contributed by atoms with Crippen molar-refractivity contribution in [2.45, 2.75) is 52.4 Å². The molecule has 27 heavy (non-hydrogen) atoms. The lowest BCUT2D eigenvalue weighted by Gasteiger charge is -2.18. The number of amides is 2. The summed E-state index contributed by atoms with van der Waals surface area (Å²) in [6.07, 6.45) is 5.54. The highest BCUT2D eigenvalue weighted by Crippen LogP contribution is 2.23. The zero-order valence-electron chi connectivity index (χ0n) is 17.3. The van der Waals surface area contributed by atoms with Crippen LogP contribution in [0.1, 0.15) is 62.7 Å². The summed E-state index contributed by atoms with van der Waals surface area (Å²) in [6.45, 7) is 5.96. The number of carbonyl (C=O) groups excluding carboxylic acids is 2. The van der Waals surface area contributed by atoms with Crippen LogP contribution in [-0.4, -0.2) is 45.7 Å². The van der Waals surface area contributed by atoms with E-state index in [-0.39, 0.29) is 11.8 Å². The van der Waals surface area contributed by atoms with Crippen molar-refractivity contribution >= 4 is 23.2 Å². The Morgan fingerprint density at radius 3 is 2.52 bits per heavy atom. The van der Waals surface area contributed by atoms with E-state index in [4.69, 9.17) is 4.74 Å². The predicted molar refractivity (Wildman–Crippen MR) is 112 cm³/mol. The van der Waals surface area contributed by atoms with Crippen LogP contribution in [0.3, 0.4) is 0 Å². The summed E-state index contributed by atoms with van der Waals surface area (Å²) in [5.74, 6) is -0.152. The fourth-order valence-corrected chi connectivity index (χ4v) is 2.74. The van der Waals surface area contributed by atoms with Crippen LogP contribution in [0.4, 0.5) is 11.4 Å². The van der Waals surface area contributed by atoms with Crippen LogP contribution >= 0.6 is 0 Å². The third-order valence-corrected chi connectivity index (χ3v) is 4.22. The Labute approximate surface area is 163 Å². The highest BCUT2D eigenvalue weighted by atomic mass is 16.5. The molecule has 0 spiro atoms. The Balaban J connectivity index is 2.70. The maximum atomic E-state index is 12.6. The average Bonchev–Trinajstić information content (AvgIpc) is 2.64. The van der Waals surface area contributed by atoms with Crippen molar-refractivity contribution in [2.75, 3.05) is 44.1 Å². The second-order valence-electron chi connectivity index (χ2n) is 6.79. The van der Waals surface area contributed by atoms with Gasteiger partial charge in [0.25, 0.3) is 5.91 Å². The zero-order valence-corrected chi connectivity index (χ0v) is 17.3. The van der Waals surface area contributed by atoms with Gasteiger partial charge in [0, 0.05) is 51.6 Å². The number of rotatable bonds is 13. The lowest BCUT2D eigenvalue weighted by molar-refractivity contribution is -0.116. The molecule has 0 bridgehead atoms. The molecule has 6 nitrogen and oxygen atoms in total. The molecule has 1 aromatic rings. The molecule has 0 aromatic heterocycles. The van der Waals surface area contributed by atoms with Crippen LogP contribution in [0.25, 0.3) is 0 Å². The van der Waals surface area contributed by atoms with Crippen molar-refractivity contribution in [3.63, 3.8) is 0 Å². The Hall–Kier alpha value is -2.08. The van der Waals surface area contributed by atoms with Gasteiger partial charge in [-0.1, -0.05) is 26.2 Å². The molecule has 0 unspecified atom stereocenters. The number of ether oxygens (including phenoxy) is 1. The fraction of sp³-hybridized carbons (Fsp3) is 0.619. The first-order valence-corrected chi connectivity index (χ1v) is 9.96. The summed E-state index contributed by atoms with van der Waals surface area (Å²) < 4.78 is 5.29. The van der Waals surface area contributed by atoms with E-state index in [2.05, 4.69) is 17.6 Å². The SMILES string of the molecule is CCCCCCC(=O)Nc1ccc(N(C)C)c(C(=O)NCCCOCC)c1. The van der Waals surface area contributed by atoms with Gasteiger partial charge in [0.2, 0.25) is 5.91 Å². The van der Waals surface area contributed by atoms with Crippen molar-refractivity contribution in [1.82, 2.24) is 5.32 Å². The third-order valence-electron chi connectivity index (χ3n) is 4.22. The van der Waals surface area contributed by atoms with Gasteiger partial charge in [-0.25, -0.2) is 0 Å². The first-order chi connectivity index (χ1) is 13.0. The van der Waals surface area contributed by atoms with E-state index < -0.39 is 0 Å². The van der Waals surface area contributed by atoms with Crippen molar-refractivity contribution in [1.29, 1.82) is 0 Å². The van der Waals surface area contributed by atoms with Gasteiger partial charge in [-0.3, -0.25) is 9.59 Å². The number of carbonyl (C=O) groups is 2. The molecule has 6 heteroatoms. The Bertz CT molecular complexity index is 588. The molecule has 0 saturated heterocycles. The topological polar surface area (TPSA) is 70.7 Å². The van der Waals surface area contributed by atoms with E-state index in [0.717, 1.165) is 37.8 Å². The minimum absolute atomic E-state index is 0.00761. The lowest BCUT2D eigenvalue weighted by Crippen LogP contribution is -2.27. The molecule has 2 amide bonds. The fourth-order valence-electron chi connectivity index (χ4n) is 2.74. The van der Waals surface area contributed by atoms with Crippen molar-refractivity contribution < 1.29 is 14.3 Å². The highest BCUT2D eigenvalue weighted by Gasteiger charge is 2.14. The lowest BCUT2D eigenvalue weighted by atomic mass is 10.1. The standard InChI is InChI=1S/C21H35N3O3/c1-5-7-8-9-11-20(25)23-17-12-13-19(24(3)4)18(16-17)21(26)22-14-10-15-27-6-2/h12-13,16H,5-11,14-15H2,1-4H3,(H,22,26)(H,23,25). The molecule has 0 fully saturated rings. The molecule has 0 atom stereocenters. The Morgan fingerprint density at radius 2 is 1.85 bits per heavy atom. The molecular formula is C21H35N3O3. The van der Waals surface area contributed by atoms with Gasteiger partial charge in [0.15, 0.2) is 0 Å². The zero-order chi connectivity index (χ0) is 20.1. The van der Waals surface area contributed by atoms with Crippen molar-refractivity contribution in [3.05, 3.63) is 23.8 Å². The first-order valence-electron chi connectivity index (χ1n) is 9.96. The number of benzene rings is 1. The molecule has 0 aliphatic carbocycles. The normalized spacial score (nSPS) is 10.5. The van der Waals surface area contributed by atoms with E-state index in [1.807, 2.05) is 38.1 Å². The minimum atomic E-state index is -0.144. The summed E-state index contributed by atoms with van der Waals surface area (Å²) >= 11 is 0. The first kappa shape index (κ1) is 23.0. The molecule has 0 aliphatic rings. The number of hydrogen-bond donors (Lipinski definition) is 2. The number of unbranched alkanes of at least 4 members (excludes halogenated alkanes) is 3. The Kier molecular flexibility index (Phi) is 11.2. The summed E-state index contributed by atoms with van der Waals surface area (Å²) in [4.78, 5) is 26.6. The second-order valence-corrected chi connectivity index (χ2v) is 6.79. The van der Waals surface area contributed by atoms with Gasteiger partial charge in [-0.15, -0.1) is 0 Å². The smallest absolute Gasteiger partial charge is 0.253 e. The van der Waals surface area contributed by atoms with Gasteiger partial charge in [-0.05, 0) is 38.0 Å². The highest BCUT2D eigenvalue weighted by molar-refractivity contribution is 6.02. The van der Waals surface area contributed by atoms with E-state index >= 15 is 0 Å². The van der Waals surface area contributed by atoms with Crippen LogP contribution in [0.2, 0.25) is 0 Å². The predicted octanol–water partition coefficient (Wildman–Crippen LogP) is 3.82. The van der Waals surface area contributed by atoms with Crippen LogP contribution in [0, 0.1) is 0 Å². The van der Waals surface area contributed by atoms with Gasteiger partial charge in [0.05, 0.1) is 5.56 Å². The summed E-state index contributed by atoms with van der Waals surface area (Å²) in [6, 6.07) is 5.45. The van der Waals surface area contributed by atoms with E-state index in [1.54, 1.807) is 6.07 Å². The van der Waals surface area contributed by atoms with Gasteiger partial charge >= 0.3 is 0 Å². The molecule has 2 N–H and O–H groups in total. The summed E-state index contributed by atoms with van der Waals surface area (Å²) in [7, 11) is 3.79. The van der Waals surface area contributed by atoms with Gasteiger partial charge in [-0.2, -0.15) is 0 Å². The minimum Gasteiger partial charge on any atom is -0.382 e. The molecule has 1 rings (SSSR count). The molecule has 0 saturated carbocycles. The maximum Gasteiger partial charge on any atom is 0.253 e. The van der Waals surface area contributed by atoms with E-state index in [9.17, 15) is 9.59 Å². The van der Waals surface area contributed by atoms with Gasteiger partial charge < -0.3 is 20.3 Å². The number of nitrogens with one attached hydrogen (secondary N) is 2. The average molecular weight is 378 g/mol. The summed E-state index contributed by atoms with van der Waals surface area (Å²) in [5, 5.41) is 5.83. The quantitative estimate of drug-likeness (QED) is 0.513. The van der Waals surface area contributed by atoms with E-state index in [0.29, 0.717) is 37.4 Å². The molecule has 152 valence electrons. The number of hydrogen-bond acceptors (Lipinski definition) is 4. The molecule has 0 heterocycles. The van der Waals surface area contributed by atoms with Gasteiger partial charge in [0.1, 0.15) is 0 Å². The molecule has 0 aliphatic heterocycles. The third kappa shape index (κ3) is 8.91. The van der Waals surface area contributed by atoms with Crippen LogP contribution < -0.4 is 15.5 Å². The molecular weight excluding hydrogens is 342 g/mol. The van der Waals surface area contributed by atoms with Crippen LogP contribution in [0.15, 0.2) is 18.2 Å². The maximum absolute atomic E-state index is 12.6. The number of nitrogens with zero attached hydrogens (tertiary/aromatic N) is 1. The largest absolute Gasteiger partial charge is 0.382 e. The molecule has 0 radical (unpaired) electrons. The number of anilines is 2. The summed E-state index contributed by atoms with van der Waals surface area (Å²) in [5.41, 5.74) is 2.03. The van der Waals surface area contributed by atoms with E-state index in [1.165, 1.54) is 0 Å². The second kappa shape index (κ2) is 13.1. The molecule has 1 aromatic carbocycles. The Morgan fingerprint density at radius 1 is 1.07 bits per heavy atom. The van der Waals surface area contributed by atoms with Crippen molar-refractivity contribution in [2.24, 2.45) is 0 Å². The van der Waals surface area contributed by atoms with Crippen LogP contribution in [0.5, 0.6) is 0 Å². The van der Waals surface area contributed by atoms with Crippen molar-refractivity contribution in [3.8, 4) is 0 Å². The van der Waals surface area contributed by atoms with Crippen LogP contribution in [-0.2, 0) is 9.53 Å². The monoisotopic (exact) mass is 377 g/mol.